The first-order valence-electron chi connectivity index (χ1n) is 12.2. The van der Waals surface area contributed by atoms with E-state index >= 15 is 0 Å². The van der Waals surface area contributed by atoms with E-state index in [-0.39, 0.29) is 10.5 Å². The van der Waals surface area contributed by atoms with Crippen molar-refractivity contribution in [1.82, 2.24) is 5.32 Å². The minimum Gasteiger partial charge on any atom is -0.387 e. The number of hydrogen-bond acceptors (Lipinski definition) is 7. The SMILES string of the molecule is CCC1CCCCCCCCCC(C2OC(COP(=O)(O)O)C(O)C2O)[N+]12C=CC(=O)NC2=O. The lowest BCUT2D eigenvalue weighted by Gasteiger charge is -2.47. The van der Waals surface area contributed by atoms with Gasteiger partial charge in [0.15, 0.2) is 0 Å². The van der Waals surface area contributed by atoms with Gasteiger partial charge in [0.25, 0.3) is 5.91 Å². The lowest BCUT2D eigenvalue weighted by atomic mass is 9.89. The number of nitrogens with zero attached hydrogens (tertiary/aromatic N) is 1. The van der Waals surface area contributed by atoms with E-state index in [1.165, 1.54) is 6.08 Å². The molecule has 0 saturated carbocycles. The van der Waals surface area contributed by atoms with Crippen molar-refractivity contribution in [2.75, 3.05) is 6.61 Å². The number of ether oxygens (including phenoxy) is 1. The van der Waals surface area contributed by atoms with Crippen molar-refractivity contribution in [2.45, 2.75) is 108 Å². The number of quaternary nitrogens is 1. The number of urea groups is 1. The van der Waals surface area contributed by atoms with Crippen molar-refractivity contribution in [2.24, 2.45) is 0 Å². The number of aliphatic hydroxyl groups excluding tert-OH is 2. The van der Waals surface area contributed by atoms with Crippen LogP contribution in [0.4, 0.5) is 4.79 Å². The Hall–Kier alpha value is -1.17. The predicted octanol–water partition coefficient (Wildman–Crippen LogP) is 1.84. The Balaban J connectivity index is 1.99. The van der Waals surface area contributed by atoms with Gasteiger partial charge in [-0.3, -0.25) is 9.32 Å². The van der Waals surface area contributed by atoms with Crippen molar-refractivity contribution in [3.05, 3.63) is 12.3 Å². The molecule has 0 radical (unpaired) electrons. The number of carbonyl (C=O) groups excluding carboxylic acids is 2. The highest BCUT2D eigenvalue weighted by molar-refractivity contribution is 7.46. The summed E-state index contributed by atoms with van der Waals surface area (Å²) in [5.74, 6) is -0.505. The van der Waals surface area contributed by atoms with E-state index in [0.717, 1.165) is 51.4 Å². The van der Waals surface area contributed by atoms with Crippen LogP contribution in [0, 0.1) is 0 Å². The maximum absolute atomic E-state index is 13.5. The number of carbonyl (C=O) groups is 2. The number of hydrogen-bond donors (Lipinski definition) is 5. The molecule has 11 nitrogen and oxygen atoms in total. The molecule has 1 spiro atoms. The molecule has 12 heteroatoms. The largest absolute Gasteiger partial charge is 0.469 e. The Morgan fingerprint density at radius 3 is 2.26 bits per heavy atom. The van der Waals surface area contributed by atoms with Gasteiger partial charge in [0.05, 0.1) is 12.7 Å². The fraction of sp³-hybridized carbons (Fsp3) is 0.818. The molecule has 2 fully saturated rings. The third-order valence-corrected chi connectivity index (χ3v) is 7.89. The maximum Gasteiger partial charge on any atom is 0.469 e. The van der Waals surface area contributed by atoms with Crippen LogP contribution < -0.4 is 5.32 Å². The zero-order chi connectivity index (χ0) is 24.9. The second-order valence-electron chi connectivity index (χ2n) is 9.53. The molecule has 0 aromatic carbocycles. The van der Waals surface area contributed by atoms with Crippen LogP contribution in [0.1, 0.15) is 71.1 Å². The second-order valence-corrected chi connectivity index (χ2v) is 10.8. The summed E-state index contributed by atoms with van der Waals surface area (Å²) in [6.07, 6.45) is 6.84. The Bertz CT molecular complexity index is 803. The van der Waals surface area contributed by atoms with Crippen molar-refractivity contribution >= 4 is 19.8 Å². The molecular formula is C22H38N2O9P+. The maximum atomic E-state index is 13.5. The van der Waals surface area contributed by atoms with Crippen LogP contribution in [0.25, 0.3) is 0 Å². The molecule has 2 saturated heterocycles. The first-order chi connectivity index (χ1) is 16.1. The van der Waals surface area contributed by atoms with Gasteiger partial charge in [-0.1, -0.05) is 39.0 Å². The zero-order valence-corrected chi connectivity index (χ0v) is 20.5. The predicted molar refractivity (Wildman–Crippen MR) is 121 cm³/mol. The Morgan fingerprint density at radius 2 is 1.68 bits per heavy atom. The molecule has 3 aliphatic rings. The molecule has 194 valence electrons. The normalized spacial score (nSPS) is 38.4. The summed E-state index contributed by atoms with van der Waals surface area (Å²) < 4.78 is 21.4. The first kappa shape index (κ1) is 27.4. The number of aliphatic hydroxyl groups is 2. The van der Waals surface area contributed by atoms with Crippen molar-refractivity contribution in [3.8, 4) is 0 Å². The Morgan fingerprint density at radius 1 is 1.06 bits per heavy atom. The quantitative estimate of drug-likeness (QED) is 0.277. The molecule has 0 aromatic heterocycles. The van der Waals surface area contributed by atoms with Crippen molar-refractivity contribution < 1.29 is 47.9 Å². The van der Waals surface area contributed by atoms with E-state index < -0.39 is 56.8 Å². The summed E-state index contributed by atoms with van der Waals surface area (Å²) in [5.41, 5.74) is 0. The second kappa shape index (κ2) is 11.7. The average molecular weight is 506 g/mol. The first-order valence-corrected chi connectivity index (χ1v) is 13.8. The summed E-state index contributed by atoms with van der Waals surface area (Å²) in [4.78, 5) is 43.6. The molecular weight excluding hydrogens is 467 g/mol. The molecule has 3 amide bonds. The van der Waals surface area contributed by atoms with E-state index in [1.54, 1.807) is 6.20 Å². The fourth-order valence-electron chi connectivity index (χ4n) is 5.68. The minimum absolute atomic E-state index is 0.174. The summed E-state index contributed by atoms with van der Waals surface area (Å²) in [6, 6.07) is -1.27. The topological polar surface area (TPSA) is 163 Å². The molecule has 7 unspecified atom stereocenters. The van der Waals surface area contributed by atoms with Crippen LogP contribution >= 0.6 is 7.82 Å². The summed E-state index contributed by atoms with van der Waals surface area (Å²) in [7, 11) is -4.80. The van der Waals surface area contributed by atoms with Crippen molar-refractivity contribution in [3.63, 3.8) is 0 Å². The van der Waals surface area contributed by atoms with Crippen LogP contribution in [0.3, 0.4) is 0 Å². The zero-order valence-electron chi connectivity index (χ0n) is 19.6. The molecule has 0 bridgehead atoms. The molecule has 0 aromatic rings. The summed E-state index contributed by atoms with van der Waals surface area (Å²) >= 11 is 0. The van der Waals surface area contributed by atoms with E-state index in [9.17, 15) is 24.4 Å². The average Bonchev–Trinajstić information content (AvgIpc) is 3.04. The molecule has 34 heavy (non-hydrogen) atoms. The van der Waals surface area contributed by atoms with Crippen molar-refractivity contribution in [1.29, 1.82) is 0 Å². The van der Waals surface area contributed by atoms with Crippen LogP contribution in [0.2, 0.25) is 0 Å². The third kappa shape index (κ3) is 6.14. The van der Waals surface area contributed by atoms with Crippen LogP contribution in [-0.4, -0.2) is 79.5 Å². The van der Waals surface area contributed by atoms with Gasteiger partial charge in [0.1, 0.15) is 42.7 Å². The third-order valence-electron chi connectivity index (χ3n) is 7.40. The van der Waals surface area contributed by atoms with Gasteiger partial charge in [-0.15, -0.1) is 0 Å². The standard InChI is InChI=1S/C22H37N2O9P/c1-2-15-10-8-6-4-3-5-7-9-11-16(24(15)13-12-18(25)23-22(24)28)21-20(27)19(26)17(33-21)14-32-34(29,30)31/h12-13,15-17,19-21,26-27H,2-11,14H2,1H3,(H2-,23,25,28,29,30,31)/p+1. The van der Waals surface area contributed by atoms with Gasteiger partial charge in [-0.25, -0.2) is 19.2 Å². The number of phosphoric ester groups is 1. The molecule has 7 atom stereocenters. The molecule has 5 N–H and O–H groups in total. The van der Waals surface area contributed by atoms with Gasteiger partial charge in [0.2, 0.25) is 0 Å². The number of rotatable bonds is 5. The number of phosphoric acid groups is 1. The number of imide groups is 1. The number of nitrogens with one attached hydrogen (secondary N) is 1. The van der Waals surface area contributed by atoms with E-state index in [4.69, 9.17) is 14.5 Å². The Labute approximate surface area is 199 Å². The molecule has 0 aliphatic carbocycles. The highest BCUT2D eigenvalue weighted by Crippen LogP contribution is 2.41. The number of amides is 3. The van der Waals surface area contributed by atoms with E-state index in [2.05, 4.69) is 9.84 Å². The lowest BCUT2D eigenvalue weighted by molar-refractivity contribution is -0.858. The van der Waals surface area contributed by atoms with E-state index in [1.807, 2.05) is 6.92 Å². The Kier molecular flexibility index (Phi) is 9.44. The van der Waals surface area contributed by atoms with E-state index in [0.29, 0.717) is 12.8 Å². The van der Waals surface area contributed by atoms with Crippen LogP contribution in [0.15, 0.2) is 12.3 Å². The smallest absolute Gasteiger partial charge is 0.387 e. The van der Waals surface area contributed by atoms with Gasteiger partial charge in [-0.2, -0.15) is 0 Å². The highest BCUT2D eigenvalue weighted by atomic mass is 31.2. The minimum atomic E-state index is -4.80. The van der Waals surface area contributed by atoms with Gasteiger partial charge >= 0.3 is 13.9 Å². The van der Waals surface area contributed by atoms with Gasteiger partial charge in [0, 0.05) is 12.8 Å². The van der Waals surface area contributed by atoms with Gasteiger partial charge < -0.3 is 24.7 Å². The van der Waals surface area contributed by atoms with Crippen LogP contribution in [0.5, 0.6) is 0 Å². The van der Waals surface area contributed by atoms with Gasteiger partial charge in [-0.05, 0) is 19.3 Å². The lowest BCUT2D eigenvalue weighted by Crippen LogP contribution is -2.70. The molecule has 3 heterocycles. The highest BCUT2D eigenvalue weighted by Gasteiger charge is 2.58. The molecule has 3 aliphatic heterocycles. The fourth-order valence-corrected chi connectivity index (χ4v) is 6.03. The molecule has 3 rings (SSSR count). The monoisotopic (exact) mass is 505 g/mol. The summed E-state index contributed by atoms with van der Waals surface area (Å²) in [5, 5.41) is 24.0. The summed E-state index contributed by atoms with van der Waals surface area (Å²) in [6.45, 7) is 1.38. The van der Waals surface area contributed by atoms with Crippen LogP contribution in [-0.2, 0) is 18.6 Å².